The Morgan fingerprint density at radius 1 is 1.73 bits per heavy atom. The van der Waals surface area contributed by atoms with Crippen molar-refractivity contribution in [2.45, 2.75) is 18.5 Å². The summed E-state index contributed by atoms with van der Waals surface area (Å²) in [5, 5.41) is 18.4. The molecule has 1 aliphatic carbocycles. The minimum absolute atomic E-state index is 0. The third kappa shape index (κ3) is 2.40. The number of carbonyl (C=O) groups is 1. The first-order valence-corrected chi connectivity index (χ1v) is 3.08. The second-order valence-electron chi connectivity index (χ2n) is 2.73. The van der Waals surface area contributed by atoms with E-state index in [1.807, 2.05) is 0 Å². The van der Waals surface area contributed by atoms with Crippen LogP contribution in [0.5, 0.6) is 0 Å². The minimum Gasteiger partial charge on any atom is -0.550 e. The van der Waals surface area contributed by atoms with Crippen molar-refractivity contribution in [1.29, 1.82) is 0 Å². The zero-order valence-electron chi connectivity index (χ0n) is 6.34. The van der Waals surface area contributed by atoms with Crippen LogP contribution in [-0.4, -0.2) is 23.4 Å². The first kappa shape index (κ1) is 11.4. The van der Waals surface area contributed by atoms with E-state index >= 15 is 0 Å². The van der Waals surface area contributed by atoms with Crippen molar-refractivity contribution in [3.63, 3.8) is 0 Å². The van der Waals surface area contributed by atoms with E-state index in [1.54, 1.807) is 0 Å². The smallest absolute Gasteiger partial charge is 0.550 e. The molecule has 0 heterocycles. The second-order valence-corrected chi connectivity index (χ2v) is 2.73. The Kier molecular flexibility index (Phi) is 3.97. The third-order valence-electron chi connectivity index (χ3n) is 1.84. The fourth-order valence-electron chi connectivity index (χ4n) is 1.12. The van der Waals surface area contributed by atoms with Gasteiger partial charge in [-0.3, -0.25) is 0 Å². The van der Waals surface area contributed by atoms with E-state index in [9.17, 15) is 14.3 Å². The average Bonchev–Trinajstić information content (AvgIpc) is 1.80. The van der Waals surface area contributed by atoms with Crippen LogP contribution in [0.3, 0.4) is 0 Å². The van der Waals surface area contributed by atoms with Crippen LogP contribution < -0.4 is 34.7 Å². The van der Waals surface area contributed by atoms with Crippen LogP contribution >= 0.6 is 0 Å². The number of hydrogen-bond acceptors (Lipinski definition) is 3. The van der Waals surface area contributed by atoms with Gasteiger partial charge in [-0.25, -0.2) is 4.39 Å². The monoisotopic (exact) mass is 170 g/mol. The summed E-state index contributed by atoms with van der Waals surface area (Å²) >= 11 is 0. The van der Waals surface area contributed by atoms with Crippen molar-refractivity contribution < 1.29 is 49.0 Å². The number of rotatable bonds is 2. The fraction of sp³-hybridized carbons (Fsp3) is 0.833. The van der Waals surface area contributed by atoms with E-state index in [-0.39, 0.29) is 42.4 Å². The molecule has 0 aliphatic heterocycles. The Morgan fingerprint density at radius 2 is 2.18 bits per heavy atom. The van der Waals surface area contributed by atoms with Crippen LogP contribution in [0, 0.1) is 5.92 Å². The van der Waals surface area contributed by atoms with Gasteiger partial charge in [-0.15, -0.1) is 0 Å². The van der Waals surface area contributed by atoms with Crippen LogP contribution in [-0.2, 0) is 4.79 Å². The topological polar surface area (TPSA) is 60.4 Å². The zero-order valence-corrected chi connectivity index (χ0v) is 8.34. The van der Waals surface area contributed by atoms with Crippen LogP contribution in [0.2, 0.25) is 0 Å². The molecule has 0 amide bonds. The summed E-state index contributed by atoms with van der Waals surface area (Å²) in [5.74, 6) is -1.92. The molecule has 11 heavy (non-hydrogen) atoms. The number of alkyl halides is 1. The maximum absolute atomic E-state index is 12.7. The third-order valence-corrected chi connectivity index (χ3v) is 1.84. The largest absolute Gasteiger partial charge is 1.00 e. The average molecular weight is 170 g/mol. The predicted octanol–water partition coefficient (Wildman–Crippen LogP) is -4.15. The number of halogens is 1. The molecule has 3 nitrogen and oxygen atoms in total. The van der Waals surface area contributed by atoms with E-state index in [4.69, 9.17) is 5.11 Å². The Bertz CT molecular complexity index is 156. The molecular formula is C6H8FNaO3. The van der Waals surface area contributed by atoms with Gasteiger partial charge in [0.15, 0.2) is 0 Å². The van der Waals surface area contributed by atoms with Gasteiger partial charge in [-0.2, -0.15) is 0 Å². The summed E-state index contributed by atoms with van der Waals surface area (Å²) in [6, 6.07) is 0. The van der Waals surface area contributed by atoms with Gasteiger partial charge in [-0.1, -0.05) is 0 Å². The maximum Gasteiger partial charge on any atom is 1.00 e. The summed E-state index contributed by atoms with van der Waals surface area (Å²) in [5.41, 5.74) is -1.65. The van der Waals surface area contributed by atoms with Crippen molar-refractivity contribution in [2.75, 3.05) is 6.61 Å². The molecule has 1 rings (SSSR count). The van der Waals surface area contributed by atoms with E-state index in [0.717, 1.165) is 0 Å². The van der Waals surface area contributed by atoms with Gasteiger partial charge in [0, 0.05) is 11.9 Å². The molecule has 5 heteroatoms. The molecule has 0 aromatic carbocycles. The van der Waals surface area contributed by atoms with Gasteiger partial charge in [-0.05, 0) is 12.8 Å². The van der Waals surface area contributed by atoms with Crippen LogP contribution in [0.1, 0.15) is 12.8 Å². The summed E-state index contributed by atoms with van der Waals surface area (Å²) in [6.45, 7) is -0.587. The molecule has 0 bridgehead atoms. The van der Waals surface area contributed by atoms with Gasteiger partial charge in [0.1, 0.15) is 5.67 Å². The van der Waals surface area contributed by atoms with Crippen molar-refractivity contribution in [3.8, 4) is 0 Å². The van der Waals surface area contributed by atoms with Gasteiger partial charge < -0.3 is 15.0 Å². The molecule has 1 saturated carbocycles. The number of carboxylic acids is 1. The minimum atomic E-state index is -1.65. The molecule has 0 atom stereocenters. The Balaban J connectivity index is 0.000001000. The molecule has 0 aromatic heterocycles. The molecule has 1 fully saturated rings. The number of carbonyl (C=O) groups excluding carboxylic acids is 1. The molecule has 0 aromatic rings. The SMILES string of the molecule is O=C([O-])C1CC(F)(CO)C1.[Na+]. The summed E-state index contributed by atoms with van der Waals surface area (Å²) in [6.07, 6.45) is -0.211. The molecular weight excluding hydrogens is 162 g/mol. The van der Waals surface area contributed by atoms with Crippen molar-refractivity contribution in [3.05, 3.63) is 0 Å². The first-order chi connectivity index (χ1) is 4.57. The molecule has 0 unspecified atom stereocenters. The standard InChI is InChI=1S/C6H9FO3.Na/c7-6(3-8)1-4(2-6)5(9)10;/h4,8H,1-3H2,(H,9,10);/q;+1/p-1. The van der Waals surface area contributed by atoms with Crippen molar-refractivity contribution in [2.24, 2.45) is 5.92 Å². The van der Waals surface area contributed by atoms with E-state index in [1.165, 1.54) is 0 Å². The van der Waals surface area contributed by atoms with Gasteiger partial charge in [0.25, 0.3) is 0 Å². The number of carboxylic acid groups (broad SMARTS) is 1. The summed E-state index contributed by atoms with van der Waals surface area (Å²) in [7, 11) is 0. The normalized spacial score (nSPS) is 35.3. The molecule has 58 valence electrons. The number of aliphatic hydroxyl groups excluding tert-OH is 1. The van der Waals surface area contributed by atoms with Crippen LogP contribution in [0.15, 0.2) is 0 Å². The van der Waals surface area contributed by atoms with Crippen LogP contribution in [0.25, 0.3) is 0 Å². The fourth-order valence-corrected chi connectivity index (χ4v) is 1.12. The number of aliphatic hydroxyl groups is 1. The molecule has 1 aliphatic rings. The molecule has 0 radical (unpaired) electrons. The summed E-state index contributed by atoms with van der Waals surface area (Å²) in [4.78, 5) is 10.0. The van der Waals surface area contributed by atoms with Crippen LogP contribution in [0.4, 0.5) is 4.39 Å². The van der Waals surface area contributed by atoms with E-state index in [0.29, 0.717) is 0 Å². The van der Waals surface area contributed by atoms with Gasteiger partial charge >= 0.3 is 29.6 Å². The van der Waals surface area contributed by atoms with E-state index in [2.05, 4.69) is 0 Å². The first-order valence-electron chi connectivity index (χ1n) is 3.08. The number of aliphatic carboxylic acids is 1. The zero-order chi connectivity index (χ0) is 7.78. The van der Waals surface area contributed by atoms with Crippen molar-refractivity contribution >= 4 is 5.97 Å². The summed E-state index contributed by atoms with van der Waals surface area (Å²) < 4.78 is 12.7. The maximum atomic E-state index is 12.7. The Hall–Kier alpha value is 0.360. The molecule has 1 N–H and O–H groups in total. The second kappa shape index (κ2) is 3.85. The van der Waals surface area contributed by atoms with Crippen molar-refractivity contribution in [1.82, 2.24) is 0 Å². The molecule has 0 spiro atoms. The van der Waals surface area contributed by atoms with Gasteiger partial charge in [0.05, 0.1) is 6.61 Å². The quantitative estimate of drug-likeness (QED) is 0.428. The number of hydrogen-bond donors (Lipinski definition) is 1. The molecule has 0 saturated heterocycles. The van der Waals surface area contributed by atoms with Gasteiger partial charge in [0.2, 0.25) is 0 Å². The Labute approximate surface area is 85.9 Å². The Morgan fingerprint density at radius 3 is 2.45 bits per heavy atom. The predicted molar refractivity (Wildman–Crippen MR) is 28.7 cm³/mol. The van der Waals surface area contributed by atoms with E-state index < -0.39 is 24.2 Å².